The molecule has 0 radical (unpaired) electrons. The Bertz CT molecular complexity index is 734. The summed E-state index contributed by atoms with van der Waals surface area (Å²) in [5.41, 5.74) is 2.30. The molecule has 0 aliphatic rings. The molecule has 23 heavy (non-hydrogen) atoms. The number of pyridine rings is 1. The summed E-state index contributed by atoms with van der Waals surface area (Å²) in [6, 6.07) is 16.3. The van der Waals surface area contributed by atoms with Crippen LogP contribution in [0.1, 0.15) is 11.3 Å². The lowest BCUT2D eigenvalue weighted by atomic mass is 10.2. The van der Waals surface area contributed by atoms with Gasteiger partial charge in [0.15, 0.2) is 0 Å². The van der Waals surface area contributed by atoms with Gasteiger partial charge in [0.1, 0.15) is 10.8 Å². The zero-order valence-corrected chi connectivity index (χ0v) is 13.8. The summed E-state index contributed by atoms with van der Waals surface area (Å²) >= 11 is 1.70. The Kier molecular flexibility index (Phi) is 5.21. The van der Waals surface area contributed by atoms with Gasteiger partial charge in [0.25, 0.3) is 0 Å². The van der Waals surface area contributed by atoms with Crippen molar-refractivity contribution < 1.29 is 0 Å². The molecule has 0 bridgehead atoms. The van der Waals surface area contributed by atoms with E-state index in [0.29, 0.717) is 6.54 Å². The predicted octanol–water partition coefficient (Wildman–Crippen LogP) is 3.80. The van der Waals surface area contributed by atoms with Gasteiger partial charge in [0.2, 0.25) is 0 Å². The van der Waals surface area contributed by atoms with Crippen LogP contribution in [0, 0.1) is 0 Å². The predicted molar refractivity (Wildman–Crippen MR) is 94.4 cm³/mol. The van der Waals surface area contributed by atoms with E-state index in [0.717, 1.165) is 22.3 Å². The number of nitrogens with zero attached hydrogens (tertiary/aromatic N) is 4. The van der Waals surface area contributed by atoms with Gasteiger partial charge in [-0.05, 0) is 17.7 Å². The van der Waals surface area contributed by atoms with Crippen molar-refractivity contribution >= 4 is 17.6 Å². The number of thioether (sulfide) groups is 1. The third-order valence-electron chi connectivity index (χ3n) is 3.35. The maximum absolute atomic E-state index is 4.68. The first-order chi connectivity index (χ1) is 11.3. The Balaban J connectivity index is 1.64. The summed E-state index contributed by atoms with van der Waals surface area (Å²) in [5, 5.41) is 0.930. The lowest BCUT2D eigenvalue weighted by Gasteiger charge is -2.17. The fraction of sp³-hybridized carbons (Fsp3) is 0.167. The SMILES string of the molecule is CN(Cc1ccccn1)c1cncc(SCc2ccccc2)n1. The average molecular weight is 322 g/mol. The highest BCUT2D eigenvalue weighted by molar-refractivity contribution is 7.98. The minimum Gasteiger partial charge on any atom is -0.352 e. The molecule has 3 rings (SSSR count). The molecule has 0 fully saturated rings. The van der Waals surface area contributed by atoms with E-state index in [1.165, 1.54) is 5.56 Å². The van der Waals surface area contributed by atoms with Crippen molar-refractivity contribution in [1.82, 2.24) is 15.0 Å². The van der Waals surface area contributed by atoms with Crippen LogP contribution in [0.3, 0.4) is 0 Å². The van der Waals surface area contributed by atoms with E-state index in [1.54, 1.807) is 24.2 Å². The molecule has 0 aliphatic carbocycles. The molecule has 0 aliphatic heterocycles. The third kappa shape index (κ3) is 4.53. The second-order valence-electron chi connectivity index (χ2n) is 5.17. The highest BCUT2D eigenvalue weighted by Gasteiger charge is 2.06. The van der Waals surface area contributed by atoms with Crippen LogP contribution in [-0.2, 0) is 12.3 Å². The van der Waals surface area contributed by atoms with Crippen molar-refractivity contribution in [2.45, 2.75) is 17.3 Å². The molecule has 0 saturated heterocycles. The number of aromatic nitrogens is 3. The van der Waals surface area contributed by atoms with Gasteiger partial charge in [0.05, 0.1) is 24.6 Å². The molecule has 5 heteroatoms. The summed E-state index contributed by atoms with van der Waals surface area (Å²) in [4.78, 5) is 15.4. The highest BCUT2D eigenvalue weighted by atomic mass is 32.2. The van der Waals surface area contributed by atoms with E-state index in [2.05, 4.69) is 44.1 Å². The number of hydrogen-bond acceptors (Lipinski definition) is 5. The summed E-state index contributed by atoms with van der Waals surface area (Å²) in [5.74, 6) is 1.75. The number of hydrogen-bond donors (Lipinski definition) is 0. The smallest absolute Gasteiger partial charge is 0.148 e. The van der Waals surface area contributed by atoms with Gasteiger partial charge in [-0.25, -0.2) is 4.98 Å². The van der Waals surface area contributed by atoms with Crippen LogP contribution < -0.4 is 4.90 Å². The van der Waals surface area contributed by atoms with Gasteiger partial charge in [-0.3, -0.25) is 9.97 Å². The third-order valence-corrected chi connectivity index (χ3v) is 4.32. The Morgan fingerprint density at radius 1 is 1.00 bits per heavy atom. The first-order valence-corrected chi connectivity index (χ1v) is 8.39. The van der Waals surface area contributed by atoms with Crippen molar-refractivity contribution in [2.24, 2.45) is 0 Å². The largest absolute Gasteiger partial charge is 0.352 e. The second-order valence-corrected chi connectivity index (χ2v) is 6.16. The molecule has 0 N–H and O–H groups in total. The second kappa shape index (κ2) is 7.74. The van der Waals surface area contributed by atoms with Gasteiger partial charge in [-0.15, -0.1) is 11.8 Å². The van der Waals surface area contributed by atoms with Crippen LogP contribution in [0.25, 0.3) is 0 Å². The van der Waals surface area contributed by atoms with E-state index in [9.17, 15) is 0 Å². The molecule has 2 aromatic heterocycles. The van der Waals surface area contributed by atoms with Gasteiger partial charge in [-0.2, -0.15) is 0 Å². The summed E-state index contributed by atoms with van der Waals surface area (Å²) in [7, 11) is 2.00. The number of anilines is 1. The normalized spacial score (nSPS) is 10.5. The minimum atomic E-state index is 0.711. The molecule has 3 aromatic rings. The summed E-state index contributed by atoms with van der Waals surface area (Å²) < 4.78 is 0. The quantitative estimate of drug-likeness (QED) is 0.646. The zero-order valence-electron chi connectivity index (χ0n) is 13.0. The van der Waals surface area contributed by atoms with Gasteiger partial charge < -0.3 is 4.90 Å². The van der Waals surface area contributed by atoms with E-state index in [1.807, 2.05) is 37.5 Å². The Hall–Kier alpha value is -2.40. The number of rotatable bonds is 6. The molecule has 4 nitrogen and oxygen atoms in total. The molecule has 2 heterocycles. The Morgan fingerprint density at radius 2 is 1.83 bits per heavy atom. The fourth-order valence-electron chi connectivity index (χ4n) is 2.14. The van der Waals surface area contributed by atoms with Crippen molar-refractivity contribution in [1.29, 1.82) is 0 Å². The van der Waals surface area contributed by atoms with Crippen molar-refractivity contribution in [2.75, 3.05) is 11.9 Å². The monoisotopic (exact) mass is 322 g/mol. The molecular weight excluding hydrogens is 304 g/mol. The molecule has 0 unspecified atom stereocenters. The van der Waals surface area contributed by atoms with E-state index in [4.69, 9.17) is 0 Å². The van der Waals surface area contributed by atoms with Gasteiger partial charge in [0, 0.05) is 19.0 Å². The highest BCUT2D eigenvalue weighted by Crippen LogP contribution is 2.22. The van der Waals surface area contributed by atoms with Crippen LogP contribution >= 0.6 is 11.8 Å². The lowest BCUT2D eigenvalue weighted by Crippen LogP contribution is -2.18. The first kappa shape index (κ1) is 15.5. The fourth-order valence-corrected chi connectivity index (χ4v) is 2.94. The van der Waals surface area contributed by atoms with Crippen molar-refractivity contribution in [3.8, 4) is 0 Å². The molecule has 116 valence electrons. The van der Waals surface area contributed by atoms with Gasteiger partial charge >= 0.3 is 0 Å². The minimum absolute atomic E-state index is 0.711. The van der Waals surface area contributed by atoms with E-state index in [-0.39, 0.29) is 0 Å². The zero-order chi connectivity index (χ0) is 15.9. The lowest BCUT2D eigenvalue weighted by molar-refractivity contribution is 0.845. The van der Waals surface area contributed by atoms with E-state index < -0.39 is 0 Å². The molecule has 0 saturated carbocycles. The first-order valence-electron chi connectivity index (χ1n) is 7.41. The summed E-state index contributed by atoms with van der Waals surface area (Å²) in [6.45, 7) is 0.711. The molecular formula is C18H18N4S. The van der Waals surface area contributed by atoms with Crippen LogP contribution in [-0.4, -0.2) is 22.0 Å². The molecule has 0 amide bonds. The van der Waals surface area contributed by atoms with Gasteiger partial charge in [-0.1, -0.05) is 36.4 Å². The molecule has 0 spiro atoms. The summed E-state index contributed by atoms with van der Waals surface area (Å²) in [6.07, 6.45) is 5.40. The van der Waals surface area contributed by atoms with Crippen molar-refractivity contribution in [3.05, 3.63) is 78.4 Å². The molecule has 0 atom stereocenters. The van der Waals surface area contributed by atoms with Crippen molar-refractivity contribution in [3.63, 3.8) is 0 Å². The topological polar surface area (TPSA) is 41.9 Å². The van der Waals surface area contributed by atoms with Crippen LogP contribution in [0.2, 0.25) is 0 Å². The maximum atomic E-state index is 4.68. The van der Waals surface area contributed by atoms with E-state index >= 15 is 0 Å². The van der Waals surface area contributed by atoms with Crippen LogP contribution in [0.4, 0.5) is 5.82 Å². The standard InChI is InChI=1S/C18H18N4S/c1-22(13-16-9-5-6-10-20-16)17-11-19-12-18(21-17)23-14-15-7-3-2-4-8-15/h2-12H,13-14H2,1H3. The Morgan fingerprint density at radius 3 is 2.61 bits per heavy atom. The average Bonchev–Trinajstić information content (AvgIpc) is 2.62. The van der Waals surface area contributed by atoms with Crippen LogP contribution in [0.5, 0.6) is 0 Å². The number of benzene rings is 1. The molecule has 1 aromatic carbocycles. The maximum Gasteiger partial charge on any atom is 0.148 e. The van der Waals surface area contributed by atoms with Crippen LogP contribution in [0.15, 0.2) is 72.1 Å². The Labute approximate surface area is 140 Å².